The van der Waals surface area contributed by atoms with Gasteiger partial charge in [0.25, 0.3) is 0 Å². The van der Waals surface area contributed by atoms with E-state index in [-0.39, 0.29) is 5.91 Å². The van der Waals surface area contributed by atoms with Crippen molar-refractivity contribution in [3.05, 3.63) is 75.1 Å². The molecule has 0 aliphatic heterocycles. The van der Waals surface area contributed by atoms with Gasteiger partial charge in [-0.25, -0.2) is 4.98 Å². The largest absolute Gasteiger partial charge is 0.298 e. The summed E-state index contributed by atoms with van der Waals surface area (Å²) in [7, 11) is 0. The number of benzene rings is 2. The number of amides is 1. The first-order valence-electron chi connectivity index (χ1n) is 8.42. The Bertz CT molecular complexity index is 978. The fraction of sp³-hybridized carbons (Fsp3) is 0.143. The van der Waals surface area contributed by atoms with Crippen LogP contribution in [0.25, 0.3) is 17.3 Å². The summed E-state index contributed by atoms with van der Waals surface area (Å²) in [4.78, 5) is 16.6. The average molecular weight is 417 g/mol. The van der Waals surface area contributed by atoms with Crippen LogP contribution in [0, 0.1) is 0 Å². The normalized spacial score (nSPS) is 11.3. The van der Waals surface area contributed by atoms with E-state index in [1.165, 1.54) is 23.0 Å². The average Bonchev–Trinajstić information content (AvgIpc) is 3.09. The van der Waals surface area contributed by atoms with Crippen LogP contribution in [0.15, 0.2) is 53.9 Å². The van der Waals surface area contributed by atoms with Gasteiger partial charge >= 0.3 is 0 Å². The van der Waals surface area contributed by atoms with Crippen LogP contribution in [-0.2, 0) is 4.79 Å². The van der Waals surface area contributed by atoms with Crippen molar-refractivity contribution in [2.45, 2.75) is 19.8 Å². The van der Waals surface area contributed by atoms with Crippen LogP contribution in [0.2, 0.25) is 10.0 Å². The molecular formula is C21H18Cl2N2OS. The summed E-state index contributed by atoms with van der Waals surface area (Å²) in [6.45, 7) is 4.33. The van der Waals surface area contributed by atoms with E-state index in [2.05, 4.69) is 48.4 Å². The minimum Gasteiger partial charge on any atom is -0.298 e. The predicted octanol–water partition coefficient (Wildman–Crippen LogP) is 6.89. The molecule has 0 aliphatic carbocycles. The minimum absolute atomic E-state index is 0.267. The Morgan fingerprint density at radius 1 is 1.15 bits per heavy atom. The van der Waals surface area contributed by atoms with Gasteiger partial charge in [-0.05, 0) is 35.3 Å². The molecule has 2 aromatic carbocycles. The van der Waals surface area contributed by atoms with Crippen molar-refractivity contribution in [2.75, 3.05) is 5.32 Å². The zero-order valence-electron chi connectivity index (χ0n) is 14.9. The second kappa shape index (κ2) is 8.70. The van der Waals surface area contributed by atoms with E-state index in [9.17, 15) is 4.79 Å². The molecule has 3 rings (SSSR count). The summed E-state index contributed by atoms with van der Waals surface area (Å²) in [5.74, 6) is 0.224. The highest BCUT2D eigenvalue weighted by atomic mass is 35.5. The molecule has 6 heteroatoms. The van der Waals surface area contributed by atoms with E-state index >= 15 is 0 Å². The Kier molecular flexibility index (Phi) is 6.32. The Morgan fingerprint density at radius 2 is 1.89 bits per heavy atom. The van der Waals surface area contributed by atoms with Crippen LogP contribution < -0.4 is 5.32 Å². The van der Waals surface area contributed by atoms with E-state index in [1.807, 2.05) is 5.38 Å². The van der Waals surface area contributed by atoms with Crippen molar-refractivity contribution in [2.24, 2.45) is 0 Å². The monoisotopic (exact) mass is 416 g/mol. The van der Waals surface area contributed by atoms with Gasteiger partial charge in [-0.3, -0.25) is 10.1 Å². The summed E-state index contributed by atoms with van der Waals surface area (Å²) in [6, 6.07) is 13.4. The molecule has 0 saturated carbocycles. The zero-order valence-corrected chi connectivity index (χ0v) is 17.2. The maximum atomic E-state index is 12.1. The van der Waals surface area contributed by atoms with Crippen molar-refractivity contribution in [1.29, 1.82) is 0 Å². The minimum atomic E-state index is -0.267. The van der Waals surface area contributed by atoms with Gasteiger partial charge in [0.1, 0.15) is 0 Å². The number of thiazole rings is 1. The lowest BCUT2D eigenvalue weighted by molar-refractivity contribution is -0.111. The lowest BCUT2D eigenvalue weighted by atomic mass is 10.0. The summed E-state index contributed by atoms with van der Waals surface area (Å²) < 4.78 is 0. The molecule has 0 radical (unpaired) electrons. The molecular weight excluding hydrogens is 399 g/mol. The number of nitrogens with one attached hydrogen (secondary N) is 1. The Morgan fingerprint density at radius 3 is 2.56 bits per heavy atom. The topological polar surface area (TPSA) is 42.0 Å². The fourth-order valence-electron chi connectivity index (χ4n) is 2.45. The molecule has 1 heterocycles. The molecule has 1 amide bonds. The summed E-state index contributed by atoms with van der Waals surface area (Å²) >= 11 is 13.4. The number of anilines is 1. The highest BCUT2D eigenvalue weighted by Gasteiger charge is 2.08. The maximum Gasteiger partial charge on any atom is 0.250 e. The van der Waals surface area contributed by atoms with Crippen molar-refractivity contribution < 1.29 is 4.79 Å². The van der Waals surface area contributed by atoms with Gasteiger partial charge in [0, 0.05) is 27.1 Å². The second-order valence-corrected chi connectivity index (χ2v) is 8.00. The molecule has 0 fully saturated rings. The van der Waals surface area contributed by atoms with E-state index in [0.29, 0.717) is 21.1 Å². The number of carbonyl (C=O) groups is 1. The molecule has 0 atom stereocenters. The highest BCUT2D eigenvalue weighted by molar-refractivity contribution is 7.14. The van der Waals surface area contributed by atoms with Gasteiger partial charge < -0.3 is 0 Å². The number of hydrogen-bond acceptors (Lipinski definition) is 3. The molecule has 3 aromatic rings. The molecule has 3 nitrogen and oxygen atoms in total. The van der Waals surface area contributed by atoms with Gasteiger partial charge in [-0.2, -0.15) is 0 Å². The lowest BCUT2D eigenvalue weighted by Gasteiger charge is -2.05. The summed E-state index contributed by atoms with van der Waals surface area (Å²) in [5, 5.41) is 6.30. The maximum absolute atomic E-state index is 12.1. The molecule has 1 N–H and O–H groups in total. The standard InChI is InChI=1S/C21H18Cl2N2OS/c1-13(2)14-3-5-16(6-4-14)19-12-27-21(24-19)25-20(26)10-8-15-7-9-17(22)11-18(15)23/h3-13H,1-2H3,(H,24,25,26). The van der Waals surface area contributed by atoms with Crippen LogP contribution >= 0.6 is 34.5 Å². The molecule has 0 saturated heterocycles. The number of rotatable bonds is 5. The first-order valence-corrected chi connectivity index (χ1v) is 10.1. The molecule has 138 valence electrons. The number of aromatic nitrogens is 1. The van der Waals surface area contributed by atoms with Crippen molar-refractivity contribution >= 4 is 51.7 Å². The SMILES string of the molecule is CC(C)c1ccc(-c2csc(NC(=O)C=Cc3ccc(Cl)cc3Cl)n2)cc1. The van der Waals surface area contributed by atoms with Gasteiger partial charge in [-0.1, -0.05) is 67.4 Å². The van der Waals surface area contributed by atoms with Crippen molar-refractivity contribution in [1.82, 2.24) is 4.98 Å². The fourth-order valence-corrected chi connectivity index (χ4v) is 3.65. The molecule has 0 unspecified atom stereocenters. The summed E-state index contributed by atoms with van der Waals surface area (Å²) in [6.07, 6.45) is 3.07. The number of nitrogens with zero attached hydrogens (tertiary/aromatic N) is 1. The van der Waals surface area contributed by atoms with E-state index in [0.717, 1.165) is 16.8 Å². The predicted molar refractivity (Wildman–Crippen MR) is 116 cm³/mol. The van der Waals surface area contributed by atoms with Gasteiger partial charge in [0.15, 0.2) is 5.13 Å². The molecule has 1 aromatic heterocycles. The van der Waals surface area contributed by atoms with Crippen LogP contribution in [-0.4, -0.2) is 10.9 Å². The third kappa shape index (κ3) is 5.19. The van der Waals surface area contributed by atoms with Crippen LogP contribution in [0.4, 0.5) is 5.13 Å². The van der Waals surface area contributed by atoms with E-state index in [1.54, 1.807) is 24.3 Å². The van der Waals surface area contributed by atoms with Gasteiger partial charge in [0.05, 0.1) is 5.69 Å². The van der Waals surface area contributed by atoms with Crippen LogP contribution in [0.3, 0.4) is 0 Å². The first kappa shape index (κ1) is 19.6. The first-order chi connectivity index (χ1) is 12.9. The van der Waals surface area contributed by atoms with Crippen LogP contribution in [0.1, 0.15) is 30.9 Å². The lowest BCUT2D eigenvalue weighted by Crippen LogP contribution is -2.07. The third-order valence-electron chi connectivity index (χ3n) is 3.98. The molecule has 0 aliphatic rings. The molecule has 27 heavy (non-hydrogen) atoms. The Hall–Kier alpha value is -2.14. The van der Waals surface area contributed by atoms with E-state index < -0.39 is 0 Å². The third-order valence-corrected chi connectivity index (χ3v) is 5.30. The Balaban J connectivity index is 1.66. The number of halogens is 2. The highest BCUT2D eigenvalue weighted by Crippen LogP contribution is 2.27. The molecule has 0 spiro atoms. The van der Waals surface area contributed by atoms with Crippen molar-refractivity contribution in [3.8, 4) is 11.3 Å². The van der Waals surface area contributed by atoms with Crippen molar-refractivity contribution in [3.63, 3.8) is 0 Å². The number of hydrogen-bond donors (Lipinski definition) is 1. The second-order valence-electron chi connectivity index (χ2n) is 6.30. The zero-order chi connectivity index (χ0) is 19.4. The summed E-state index contributed by atoms with van der Waals surface area (Å²) in [5.41, 5.74) is 3.88. The smallest absolute Gasteiger partial charge is 0.250 e. The molecule has 0 bridgehead atoms. The van der Waals surface area contributed by atoms with E-state index in [4.69, 9.17) is 23.2 Å². The van der Waals surface area contributed by atoms with Gasteiger partial charge in [-0.15, -0.1) is 11.3 Å². The van der Waals surface area contributed by atoms with Crippen LogP contribution in [0.5, 0.6) is 0 Å². The quantitative estimate of drug-likeness (QED) is 0.459. The Labute approximate surface area is 172 Å². The van der Waals surface area contributed by atoms with Gasteiger partial charge in [0.2, 0.25) is 5.91 Å². The number of carbonyl (C=O) groups excluding carboxylic acids is 1.